The van der Waals surface area contributed by atoms with Gasteiger partial charge >= 0.3 is 0 Å². The van der Waals surface area contributed by atoms with Gasteiger partial charge in [0.25, 0.3) is 5.91 Å². The molecule has 3 fully saturated rings. The number of aliphatic hydroxyl groups is 1. The maximum atomic E-state index is 16.0. The maximum absolute atomic E-state index is 16.0. The molecule has 1 saturated carbocycles. The first-order valence-electron chi connectivity index (χ1n) is 14.9. The number of alkyl halides is 1. The van der Waals surface area contributed by atoms with Crippen LogP contribution in [0.3, 0.4) is 0 Å². The summed E-state index contributed by atoms with van der Waals surface area (Å²) in [7, 11) is 0. The zero-order chi connectivity index (χ0) is 28.2. The summed E-state index contributed by atoms with van der Waals surface area (Å²) in [5.74, 6) is 1.29. The van der Waals surface area contributed by atoms with Crippen LogP contribution in [0.1, 0.15) is 77.0 Å². The predicted octanol–water partition coefficient (Wildman–Crippen LogP) is 3.51. The number of benzene rings is 1. The van der Waals surface area contributed by atoms with Crippen molar-refractivity contribution in [3.8, 4) is 0 Å². The topological polar surface area (TPSA) is 87.9 Å². The lowest BCUT2D eigenvalue weighted by atomic mass is 9.82. The molecule has 3 heterocycles. The number of rotatable bonds is 7. The van der Waals surface area contributed by atoms with Gasteiger partial charge in [0.15, 0.2) is 5.69 Å². The molecule has 3 atom stereocenters. The monoisotopic (exact) mass is 552 g/mol. The van der Waals surface area contributed by atoms with Gasteiger partial charge in [0.2, 0.25) is 5.91 Å². The molecule has 2 aliphatic heterocycles. The molecule has 0 bridgehead atoms. The Hall–Kier alpha value is -2.78. The summed E-state index contributed by atoms with van der Waals surface area (Å²) in [6.07, 6.45) is 2.96. The van der Waals surface area contributed by atoms with Crippen molar-refractivity contribution in [1.29, 1.82) is 0 Å². The molecule has 0 spiro atoms. The first-order chi connectivity index (χ1) is 19.2. The molecule has 0 radical (unpaired) electrons. The van der Waals surface area contributed by atoms with E-state index in [4.69, 9.17) is 14.9 Å². The minimum atomic E-state index is -1.42. The van der Waals surface area contributed by atoms with Gasteiger partial charge in [-0.05, 0) is 67.6 Å². The Morgan fingerprint density at radius 2 is 1.85 bits per heavy atom. The summed E-state index contributed by atoms with van der Waals surface area (Å²) in [5.41, 5.74) is 3.97. The van der Waals surface area contributed by atoms with Gasteiger partial charge in [0.1, 0.15) is 12.2 Å². The van der Waals surface area contributed by atoms with Gasteiger partial charge in [0, 0.05) is 50.3 Å². The Morgan fingerprint density at radius 1 is 1.12 bits per heavy atom. The van der Waals surface area contributed by atoms with E-state index < -0.39 is 5.67 Å². The van der Waals surface area contributed by atoms with Crippen molar-refractivity contribution in [1.82, 2.24) is 19.6 Å². The third kappa shape index (κ3) is 4.75. The summed E-state index contributed by atoms with van der Waals surface area (Å²) in [4.78, 5) is 30.7. The zero-order valence-electron chi connectivity index (χ0n) is 23.9. The van der Waals surface area contributed by atoms with E-state index >= 15 is 4.39 Å². The van der Waals surface area contributed by atoms with Crippen LogP contribution in [0.5, 0.6) is 0 Å². The van der Waals surface area contributed by atoms with E-state index in [0.717, 1.165) is 47.2 Å². The van der Waals surface area contributed by atoms with Crippen molar-refractivity contribution in [3.63, 3.8) is 0 Å². The van der Waals surface area contributed by atoms with Crippen molar-refractivity contribution in [3.05, 3.63) is 51.8 Å². The summed E-state index contributed by atoms with van der Waals surface area (Å²) >= 11 is 0. The van der Waals surface area contributed by atoms with E-state index in [1.54, 1.807) is 9.58 Å². The number of aromatic nitrogens is 2. The molecule has 2 aliphatic carbocycles. The molecular formula is C31H41FN4O4. The molecule has 9 heteroatoms. The molecule has 3 unspecified atom stereocenters. The summed E-state index contributed by atoms with van der Waals surface area (Å²) < 4.78 is 23.4. The van der Waals surface area contributed by atoms with E-state index in [0.29, 0.717) is 56.2 Å². The minimum Gasteiger partial charge on any atom is -0.394 e. The first kappa shape index (κ1) is 27.4. The highest BCUT2D eigenvalue weighted by atomic mass is 19.1. The Bertz CT molecular complexity index is 1290. The second kappa shape index (κ2) is 10.6. The normalized spacial score (nSPS) is 25.6. The number of ether oxygens (including phenoxy) is 1. The Labute approximate surface area is 235 Å². The fourth-order valence-electron chi connectivity index (χ4n) is 7.36. The summed E-state index contributed by atoms with van der Waals surface area (Å²) in [5, 5.41) is 13.8. The molecule has 6 rings (SSSR count). The predicted molar refractivity (Wildman–Crippen MR) is 148 cm³/mol. The van der Waals surface area contributed by atoms with Gasteiger partial charge in [-0.1, -0.05) is 25.1 Å². The third-order valence-electron chi connectivity index (χ3n) is 10.1. The second-order valence-electron chi connectivity index (χ2n) is 12.3. The molecule has 2 aromatic rings. The number of hydrogen-bond donors (Lipinski definition) is 1. The number of hydrogen-bond acceptors (Lipinski definition) is 5. The smallest absolute Gasteiger partial charge is 0.274 e. The molecule has 2 amide bonds. The number of aliphatic hydroxyl groups excluding tert-OH is 1. The van der Waals surface area contributed by atoms with Crippen LogP contribution in [0.15, 0.2) is 18.2 Å². The van der Waals surface area contributed by atoms with E-state index in [2.05, 4.69) is 6.92 Å². The molecule has 216 valence electrons. The van der Waals surface area contributed by atoms with Crippen molar-refractivity contribution >= 4 is 11.8 Å². The molecule has 4 aliphatic rings. The largest absolute Gasteiger partial charge is 0.394 e. The highest BCUT2D eigenvalue weighted by Gasteiger charge is 2.56. The van der Waals surface area contributed by atoms with Gasteiger partial charge in [-0.25, -0.2) is 4.39 Å². The standard InChI is InChI=1S/C31H41FN4O4/c1-19-5-4-6-24(20(19)2)31(32)9-13-34(14-10-31)26(38)18-36-25-17-23-21(3)27(23)28(25)29(33-36)30(39)35-11-7-22(8-12-35)40-16-15-37/h4-6,21-23,27,37H,7-18H2,1-3H3. The third-order valence-corrected chi connectivity index (χ3v) is 10.1. The molecule has 1 N–H and O–H groups in total. The fraction of sp³-hybridized carbons (Fsp3) is 0.645. The first-order valence-corrected chi connectivity index (χ1v) is 14.9. The van der Waals surface area contributed by atoms with E-state index in [-0.39, 0.29) is 43.9 Å². The van der Waals surface area contributed by atoms with Gasteiger partial charge in [-0.15, -0.1) is 0 Å². The molecule has 40 heavy (non-hydrogen) atoms. The number of aryl methyl sites for hydroxylation is 1. The average Bonchev–Trinajstić information content (AvgIpc) is 3.25. The number of piperidine rings is 2. The SMILES string of the molecule is Cc1cccc(C2(F)CCN(C(=O)Cn3nc(C(=O)N4CCC(OCCO)CC4)c4c3CC3C(C)C43)CC2)c1C. The number of halogens is 1. The van der Waals surface area contributed by atoms with Gasteiger partial charge < -0.3 is 19.6 Å². The van der Waals surface area contributed by atoms with Crippen LogP contribution in [0.25, 0.3) is 0 Å². The maximum Gasteiger partial charge on any atom is 0.274 e. The average molecular weight is 553 g/mol. The highest BCUT2D eigenvalue weighted by molar-refractivity contribution is 5.95. The molecule has 1 aromatic heterocycles. The Morgan fingerprint density at radius 3 is 2.55 bits per heavy atom. The lowest BCUT2D eigenvalue weighted by Gasteiger charge is -2.37. The van der Waals surface area contributed by atoms with Gasteiger partial charge in [-0.3, -0.25) is 14.3 Å². The van der Waals surface area contributed by atoms with Crippen LogP contribution in [-0.2, 0) is 28.2 Å². The molecule has 2 saturated heterocycles. The zero-order valence-corrected chi connectivity index (χ0v) is 23.9. The van der Waals surface area contributed by atoms with Crippen LogP contribution < -0.4 is 0 Å². The van der Waals surface area contributed by atoms with Crippen LogP contribution in [0.4, 0.5) is 4.39 Å². The Kier molecular flexibility index (Phi) is 7.23. The second-order valence-corrected chi connectivity index (χ2v) is 12.3. The highest BCUT2D eigenvalue weighted by Crippen LogP contribution is 2.62. The summed E-state index contributed by atoms with van der Waals surface area (Å²) in [6, 6.07) is 5.79. The van der Waals surface area contributed by atoms with Crippen LogP contribution in [0.2, 0.25) is 0 Å². The lowest BCUT2D eigenvalue weighted by molar-refractivity contribution is -0.134. The van der Waals surface area contributed by atoms with Crippen LogP contribution >= 0.6 is 0 Å². The fourth-order valence-corrected chi connectivity index (χ4v) is 7.36. The number of likely N-dealkylation sites (tertiary alicyclic amines) is 2. The lowest BCUT2D eigenvalue weighted by Crippen LogP contribution is -2.45. The van der Waals surface area contributed by atoms with Crippen molar-refractivity contribution in [2.45, 2.75) is 77.1 Å². The minimum absolute atomic E-state index is 0.000644. The van der Waals surface area contributed by atoms with E-state index in [1.807, 2.05) is 36.9 Å². The van der Waals surface area contributed by atoms with E-state index in [1.165, 1.54) is 0 Å². The van der Waals surface area contributed by atoms with Crippen molar-refractivity contribution < 1.29 is 23.8 Å². The number of carbonyl (C=O) groups excluding carboxylic acids is 2. The van der Waals surface area contributed by atoms with Gasteiger partial charge in [-0.2, -0.15) is 5.10 Å². The summed E-state index contributed by atoms with van der Waals surface area (Å²) in [6.45, 7) is 8.54. The van der Waals surface area contributed by atoms with Crippen LogP contribution in [-0.4, -0.2) is 82.0 Å². The van der Waals surface area contributed by atoms with Crippen molar-refractivity contribution in [2.24, 2.45) is 11.8 Å². The number of carbonyl (C=O) groups is 2. The van der Waals surface area contributed by atoms with E-state index in [9.17, 15) is 9.59 Å². The number of nitrogens with zero attached hydrogens (tertiary/aromatic N) is 4. The van der Waals surface area contributed by atoms with Crippen molar-refractivity contribution in [2.75, 3.05) is 39.4 Å². The number of fused-ring (bicyclic) bond motifs is 3. The molecule has 8 nitrogen and oxygen atoms in total. The molecule has 1 aromatic carbocycles. The number of amides is 2. The Balaban J connectivity index is 1.14. The van der Waals surface area contributed by atoms with Gasteiger partial charge in [0.05, 0.1) is 19.3 Å². The quantitative estimate of drug-likeness (QED) is 0.568. The van der Waals surface area contributed by atoms with Crippen LogP contribution in [0, 0.1) is 25.7 Å². The molecular weight excluding hydrogens is 511 g/mol.